The number of aromatic nitrogens is 2. The van der Waals surface area contributed by atoms with E-state index in [1.165, 1.54) is 44.6 Å². The number of nitrogens with one attached hydrogen (secondary N) is 1. The zero-order valence-corrected chi connectivity index (χ0v) is 12.4. The molecule has 4 rings (SSSR count). The molecule has 106 valence electrons. The van der Waals surface area contributed by atoms with Gasteiger partial charge in [0.15, 0.2) is 0 Å². The average Bonchev–Trinajstić information content (AvgIpc) is 3.01. The van der Waals surface area contributed by atoms with Gasteiger partial charge in [0.25, 0.3) is 0 Å². The number of nitrogens with zero attached hydrogens (tertiary/aromatic N) is 2. The molecule has 2 fully saturated rings. The lowest BCUT2D eigenvalue weighted by Gasteiger charge is -2.11. The number of benzene rings is 1. The van der Waals surface area contributed by atoms with Gasteiger partial charge in [-0.3, -0.25) is 0 Å². The lowest BCUT2D eigenvalue weighted by molar-refractivity contribution is 0.515. The van der Waals surface area contributed by atoms with Crippen molar-refractivity contribution in [3.05, 3.63) is 29.0 Å². The molecular weight excluding hydrogens is 270 g/mol. The molecule has 2 aromatic rings. The minimum Gasteiger partial charge on any atom is -0.324 e. The molecule has 1 aromatic carbocycles. The van der Waals surface area contributed by atoms with E-state index in [-0.39, 0.29) is 0 Å². The van der Waals surface area contributed by atoms with Crippen LogP contribution in [0.3, 0.4) is 0 Å². The molecule has 2 aliphatic rings. The van der Waals surface area contributed by atoms with Crippen LogP contribution in [0.1, 0.15) is 37.5 Å². The zero-order valence-electron chi connectivity index (χ0n) is 11.6. The van der Waals surface area contributed by atoms with Crippen LogP contribution in [-0.2, 0) is 6.42 Å². The molecule has 0 bridgehead atoms. The summed E-state index contributed by atoms with van der Waals surface area (Å²) in [6, 6.07) is 6.70. The van der Waals surface area contributed by atoms with Crippen molar-refractivity contribution in [1.82, 2.24) is 14.9 Å². The van der Waals surface area contributed by atoms with Gasteiger partial charge in [-0.1, -0.05) is 17.7 Å². The Bertz CT molecular complexity index is 624. The number of hydrogen-bond donors (Lipinski definition) is 1. The van der Waals surface area contributed by atoms with E-state index in [9.17, 15) is 0 Å². The molecule has 1 saturated heterocycles. The maximum atomic E-state index is 6.40. The highest BCUT2D eigenvalue weighted by molar-refractivity contribution is 6.35. The first-order valence-corrected chi connectivity index (χ1v) is 8.07. The monoisotopic (exact) mass is 289 g/mol. The molecular formula is C16H20ClN3. The van der Waals surface area contributed by atoms with E-state index in [2.05, 4.69) is 16.0 Å². The van der Waals surface area contributed by atoms with Crippen molar-refractivity contribution in [2.45, 2.75) is 38.1 Å². The third kappa shape index (κ3) is 2.23. The highest BCUT2D eigenvalue weighted by Crippen LogP contribution is 2.40. The second kappa shape index (κ2) is 5.05. The number of imidazole rings is 1. The summed E-state index contributed by atoms with van der Waals surface area (Å²) in [5.41, 5.74) is 2.21. The van der Waals surface area contributed by atoms with Gasteiger partial charge in [-0.15, -0.1) is 0 Å². The van der Waals surface area contributed by atoms with E-state index in [1.54, 1.807) is 0 Å². The summed E-state index contributed by atoms with van der Waals surface area (Å²) in [4.78, 5) is 4.85. The Morgan fingerprint density at radius 2 is 2.20 bits per heavy atom. The summed E-state index contributed by atoms with van der Waals surface area (Å²) >= 11 is 6.40. The van der Waals surface area contributed by atoms with Crippen LogP contribution in [0.4, 0.5) is 0 Å². The number of hydrogen-bond acceptors (Lipinski definition) is 2. The van der Waals surface area contributed by atoms with Crippen LogP contribution in [-0.4, -0.2) is 22.6 Å². The normalized spacial score (nSPS) is 22.8. The fraction of sp³-hybridized carbons (Fsp3) is 0.562. The van der Waals surface area contributed by atoms with Gasteiger partial charge in [-0.25, -0.2) is 4.98 Å². The molecule has 1 unspecified atom stereocenters. The van der Waals surface area contributed by atoms with Crippen molar-refractivity contribution in [2.75, 3.05) is 13.1 Å². The van der Waals surface area contributed by atoms with E-state index in [4.69, 9.17) is 16.6 Å². The molecule has 1 aromatic heterocycles. The van der Waals surface area contributed by atoms with Crippen molar-refractivity contribution < 1.29 is 0 Å². The second-order valence-corrected chi connectivity index (χ2v) is 6.54. The quantitative estimate of drug-likeness (QED) is 0.932. The van der Waals surface area contributed by atoms with Gasteiger partial charge in [-0.05, 0) is 56.8 Å². The summed E-state index contributed by atoms with van der Waals surface area (Å²) in [5.74, 6) is 2.06. The SMILES string of the molecule is Clc1cccc2nc(CCC3CCNC3)n(C3CC3)c12. The number of aryl methyl sites for hydroxylation is 1. The summed E-state index contributed by atoms with van der Waals surface area (Å²) in [5, 5.41) is 4.29. The number of para-hydroxylation sites is 1. The molecule has 1 aliphatic carbocycles. The Kier molecular flexibility index (Phi) is 3.20. The van der Waals surface area contributed by atoms with E-state index in [1.807, 2.05) is 12.1 Å². The van der Waals surface area contributed by atoms with Gasteiger partial charge in [0.1, 0.15) is 5.82 Å². The highest BCUT2D eigenvalue weighted by atomic mass is 35.5. The third-order valence-corrected chi connectivity index (χ3v) is 4.89. The Morgan fingerprint density at radius 3 is 2.95 bits per heavy atom. The standard InChI is InChI=1S/C16H20ClN3/c17-13-2-1-3-14-16(13)20(12-5-6-12)15(19-14)7-4-11-8-9-18-10-11/h1-3,11-12,18H,4-10H2. The first-order chi connectivity index (χ1) is 9.83. The fourth-order valence-electron chi connectivity index (χ4n) is 3.35. The van der Waals surface area contributed by atoms with Crippen LogP contribution in [0.2, 0.25) is 5.02 Å². The molecule has 20 heavy (non-hydrogen) atoms. The summed E-state index contributed by atoms with van der Waals surface area (Å²) < 4.78 is 2.42. The molecule has 4 heteroatoms. The van der Waals surface area contributed by atoms with Crippen LogP contribution in [0.25, 0.3) is 11.0 Å². The molecule has 1 N–H and O–H groups in total. The van der Waals surface area contributed by atoms with Gasteiger partial charge in [0, 0.05) is 12.5 Å². The van der Waals surface area contributed by atoms with Crippen LogP contribution >= 0.6 is 11.6 Å². The van der Waals surface area contributed by atoms with Crippen LogP contribution < -0.4 is 5.32 Å². The lowest BCUT2D eigenvalue weighted by Crippen LogP contribution is -2.11. The lowest BCUT2D eigenvalue weighted by atomic mass is 10.0. The molecule has 1 aliphatic heterocycles. The molecule has 0 spiro atoms. The Hall–Kier alpha value is -1.06. The maximum Gasteiger partial charge on any atom is 0.110 e. The predicted molar refractivity (Wildman–Crippen MR) is 82.3 cm³/mol. The molecule has 1 atom stereocenters. The minimum absolute atomic E-state index is 0.636. The van der Waals surface area contributed by atoms with Crippen LogP contribution in [0.15, 0.2) is 18.2 Å². The van der Waals surface area contributed by atoms with E-state index in [0.29, 0.717) is 6.04 Å². The first kappa shape index (κ1) is 12.7. The number of rotatable bonds is 4. The van der Waals surface area contributed by atoms with Crippen molar-refractivity contribution in [1.29, 1.82) is 0 Å². The number of halogens is 1. The highest BCUT2D eigenvalue weighted by Gasteiger charge is 2.29. The van der Waals surface area contributed by atoms with Crippen molar-refractivity contribution in [2.24, 2.45) is 5.92 Å². The summed E-state index contributed by atoms with van der Waals surface area (Å²) in [7, 11) is 0. The molecule has 3 nitrogen and oxygen atoms in total. The number of fused-ring (bicyclic) bond motifs is 1. The smallest absolute Gasteiger partial charge is 0.110 e. The van der Waals surface area contributed by atoms with Crippen LogP contribution in [0.5, 0.6) is 0 Å². The molecule has 1 saturated carbocycles. The molecule has 0 amide bonds. The Labute approximate surface area is 124 Å². The molecule has 0 radical (unpaired) electrons. The molecule has 2 heterocycles. The van der Waals surface area contributed by atoms with E-state index >= 15 is 0 Å². The topological polar surface area (TPSA) is 29.9 Å². The van der Waals surface area contributed by atoms with Gasteiger partial charge in [0.05, 0.1) is 16.1 Å². The predicted octanol–water partition coefficient (Wildman–Crippen LogP) is 3.57. The van der Waals surface area contributed by atoms with E-state index < -0.39 is 0 Å². The van der Waals surface area contributed by atoms with Crippen molar-refractivity contribution in [3.8, 4) is 0 Å². The fourth-order valence-corrected chi connectivity index (χ4v) is 3.61. The van der Waals surface area contributed by atoms with Gasteiger partial charge in [0.2, 0.25) is 0 Å². The van der Waals surface area contributed by atoms with Gasteiger partial charge >= 0.3 is 0 Å². The van der Waals surface area contributed by atoms with Gasteiger partial charge < -0.3 is 9.88 Å². The zero-order chi connectivity index (χ0) is 13.5. The summed E-state index contributed by atoms with van der Waals surface area (Å²) in [6.07, 6.45) is 6.17. The second-order valence-electron chi connectivity index (χ2n) is 6.13. The van der Waals surface area contributed by atoms with Crippen molar-refractivity contribution >= 4 is 22.6 Å². The Morgan fingerprint density at radius 1 is 1.30 bits per heavy atom. The van der Waals surface area contributed by atoms with Crippen LogP contribution in [0, 0.1) is 5.92 Å². The average molecular weight is 290 g/mol. The minimum atomic E-state index is 0.636. The Balaban J connectivity index is 1.67. The van der Waals surface area contributed by atoms with E-state index in [0.717, 1.165) is 28.4 Å². The van der Waals surface area contributed by atoms with Gasteiger partial charge in [-0.2, -0.15) is 0 Å². The summed E-state index contributed by atoms with van der Waals surface area (Å²) in [6.45, 7) is 2.35. The first-order valence-electron chi connectivity index (χ1n) is 7.69. The maximum absolute atomic E-state index is 6.40. The third-order valence-electron chi connectivity index (χ3n) is 4.58. The largest absolute Gasteiger partial charge is 0.324 e. The van der Waals surface area contributed by atoms with Crippen molar-refractivity contribution in [3.63, 3.8) is 0 Å².